The largest absolute Gasteiger partial charge is 0.398 e. The van der Waals surface area contributed by atoms with Gasteiger partial charge in [-0.2, -0.15) is 0 Å². The molecule has 0 fully saturated rings. The molecule has 1 rings (SSSR count). The van der Waals surface area contributed by atoms with Crippen molar-refractivity contribution in [2.45, 2.75) is 32.1 Å². The molecule has 0 saturated heterocycles. The van der Waals surface area contributed by atoms with Crippen molar-refractivity contribution in [2.24, 2.45) is 5.92 Å². The number of nitrogen functional groups attached to an aromatic ring is 1. The Hall–Kier alpha value is -1.03. The number of anilines is 1. The molecule has 0 aromatic heterocycles. The van der Waals surface area contributed by atoms with E-state index in [0.717, 1.165) is 12.0 Å². The Balaban J connectivity index is 3.12. The molecule has 4 heteroatoms. The minimum atomic E-state index is -3.25. The summed E-state index contributed by atoms with van der Waals surface area (Å²) < 4.78 is 24.2. The second-order valence-electron chi connectivity index (χ2n) is 4.34. The van der Waals surface area contributed by atoms with Crippen LogP contribution in [0.5, 0.6) is 0 Å². The van der Waals surface area contributed by atoms with Crippen molar-refractivity contribution >= 4 is 15.5 Å². The lowest BCUT2D eigenvalue weighted by atomic mass is 10.2. The topological polar surface area (TPSA) is 60.2 Å². The monoisotopic (exact) mass is 241 g/mol. The van der Waals surface area contributed by atoms with Gasteiger partial charge in [-0.15, -0.1) is 0 Å². The molecule has 1 aromatic rings. The number of aryl methyl sites for hydroxylation is 1. The van der Waals surface area contributed by atoms with Gasteiger partial charge >= 0.3 is 0 Å². The number of nitrogens with two attached hydrogens (primary N) is 1. The van der Waals surface area contributed by atoms with E-state index in [2.05, 4.69) is 0 Å². The van der Waals surface area contributed by atoms with Crippen molar-refractivity contribution in [1.82, 2.24) is 0 Å². The summed E-state index contributed by atoms with van der Waals surface area (Å²) in [5.74, 6) is 0.321. The first kappa shape index (κ1) is 13.0. The average molecular weight is 241 g/mol. The molecule has 0 amide bonds. The van der Waals surface area contributed by atoms with E-state index in [1.807, 2.05) is 26.8 Å². The van der Waals surface area contributed by atoms with Gasteiger partial charge in [-0.05, 0) is 30.5 Å². The van der Waals surface area contributed by atoms with Crippen LogP contribution in [0.25, 0.3) is 0 Å². The Morgan fingerprint density at radius 1 is 1.38 bits per heavy atom. The van der Waals surface area contributed by atoms with E-state index in [1.54, 1.807) is 12.1 Å². The molecule has 3 nitrogen and oxygen atoms in total. The van der Waals surface area contributed by atoms with Gasteiger partial charge in [-0.25, -0.2) is 8.42 Å². The Morgan fingerprint density at radius 2 is 2.00 bits per heavy atom. The summed E-state index contributed by atoms with van der Waals surface area (Å²) in [5.41, 5.74) is 6.97. The number of hydrogen-bond acceptors (Lipinski definition) is 3. The van der Waals surface area contributed by atoms with Crippen LogP contribution >= 0.6 is 0 Å². The number of benzene rings is 1. The highest BCUT2D eigenvalue weighted by Crippen LogP contribution is 2.23. The first-order chi connectivity index (χ1) is 7.36. The summed E-state index contributed by atoms with van der Waals surface area (Å²) in [5, 5.41) is 0. The summed E-state index contributed by atoms with van der Waals surface area (Å²) in [6.45, 7) is 5.78. The van der Waals surface area contributed by atoms with Crippen LogP contribution in [0.1, 0.15) is 25.8 Å². The van der Waals surface area contributed by atoms with Gasteiger partial charge in [-0.1, -0.05) is 26.3 Å². The van der Waals surface area contributed by atoms with E-state index < -0.39 is 9.84 Å². The maximum absolute atomic E-state index is 12.1. The van der Waals surface area contributed by atoms with Crippen LogP contribution in [-0.2, 0) is 9.84 Å². The van der Waals surface area contributed by atoms with Crippen molar-refractivity contribution in [2.75, 3.05) is 11.5 Å². The zero-order chi connectivity index (χ0) is 12.3. The van der Waals surface area contributed by atoms with Crippen LogP contribution in [0.3, 0.4) is 0 Å². The lowest BCUT2D eigenvalue weighted by molar-refractivity contribution is 0.564. The maximum Gasteiger partial charge on any atom is 0.180 e. The average Bonchev–Trinajstić information content (AvgIpc) is 2.20. The summed E-state index contributed by atoms with van der Waals surface area (Å²) in [6, 6.07) is 5.11. The first-order valence-corrected chi connectivity index (χ1v) is 7.11. The highest BCUT2D eigenvalue weighted by atomic mass is 32.2. The molecule has 1 aromatic carbocycles. The minimum absolute atomic E-state index is 0.157. The maximum atomic E-state index is 12.1. The third-order valence-corrected chi connectivity index (χ3v) is 4.74. The van der Waals surface area contributed by atoms with Crippen molar-refractivity contribution in [1.29, 1.82) is 0 Å². The Labute approximate surface area is 97.6 Å². The number of hydrogen-bond donors (Lipinski definition) is 1. The first-order valence-electron chi connectivity index (χ1n) is 5.45. The Morgan fingerprint density at radius 3 is 2.56 bits per heavy atom. The molecule has 0 radical (unpaired) electrons. The molecule has 0 aliphatic rings. The molecule has 0 saturated carbocycles. The fourth-order valence-corrected chi connectivity index (χ4v) is 3.45. The Bertz CT molecular complexity index is 466. The number of rotatable bonds is 4. The summed E-state index contributed by atoms with van der Waals surface area (Å²) in [7, 11) is -3.25. The highest BCUT2D eigenvalue weighted by molar-refractivity contribution is 7.91. The minimum Gasteiger partial charge on any atom is -0.398 e. The summed E-state index contributed by atoms with van der Waals surface area (Å²) >= 11 is 0. The van der Waals surface area contributed by atoms with Crippen LogP contribution in [0.4, 0.5) is 5.69 Å². The van der Waals surface area contributed by atoms with Crippen LogP contribution in [0, 0.1) is 12.8 Å². The van der Waals surface area contributed by atoms with Gasteiger partial charge in [-0.3, -0.25) is 0 Å². The molecule has 0 bridgehead atoms. The van der Waals surface area contributed by atoms with Crippen LogP contribution in [-0.4, -0.2) is 14.2 Å². The SMILES string of the molecule is CCC(C)CS(=O)(=O)c1cc(C)ccc1N. The fraction of sp³-hybridized carbons (Fsp3) is 0.500. The molecule has 90 valence electrons. The van der Waals surface area contributed by atoms with Crippen molar-refractivity contribution in [3.8, 4) is 0 Å². The van der Waals surface area contributed by atoms with Crippen molar-refractivity contribution < 1.29 is 8.42 Å². The van der Waals surface area contributed by atoms with Gasteiger partial charge < -0.3 is 5.73 Å². The molecule has 2 N–H and O–H groups in total. The molecule has 0 heterocycles. The van der Waals surface area contributed by atoms with Crippen molar-refractivity contribution in [3.63, 3.8) is 0 Å². The third-order valence-electron chi connectivity index (χ3n) is 2.70. The molecule has 0 spiro atoms. The molecule has 0 aliphatic heterocycles. The van der Waals surface area contributed by atoms with Gasteiger partial charge in [0.2, 0.25) is 0 Å². The van der Waals surface area contributed by atoms with Gasteiger partial charge in [0.15, 0.2) is 9.84 Å². The lowest BCUT2D eigenvalue weighted by Gasteiger charge is -2.11. The molecule has 1 atom stereocenters. The van der Waals surface area contributed by atoms with E-state index in [-0.39, 0.29) is 16.6 Å². The molecular formula is C12H19NO2S. The van der Waals surface area contributed by atoms with E-state index in [0.29, 0.717) is 5.69 Å². The van der Waals surface area contributed by atoms with Crippen LogP contribution < -0.4 is 5.73 Å². The molecule has 0 aliphatic carbocycles. The van der Waals surface area contributed by atoms with Crippen LogP contribution in [0.2, 0.25) is 0 Å². The molecule has 16 heavy (non-hydrogen) atoms. The molecule has 1 unspecified atom stereocenters. The smallest absolute Gasteiger partial charge is 0.180 e. The van der Waals surface area contributed by atoms with Gasteiger partial charge in [0.25, 0.3) is 0 Å². The second kappa shape index (κ2) is 4.87. The predicted molar refractivity (Wildman–Crippen MR) is 67.1 cm³/mol. The van der Waals surface area contributed by atoms with E-state index in [9.17, 15) is 8.42 Å². The second-order valence-corrected chi connectivity index (χ2v) is 6.34. The normalized spacial score (nSPS) is 13.7. The van der Waals surface area contributed by atoms with E-state index in [4.69, 9.17) is 5.73 Å². The zero-order valence-corrected chi connectivity index (χ0v) is 10.8. The lowest BCUT2D eigenvalue weighted by Crippen LogP contribution is -2.15. The molecular weight excluding hydrogens is 222 g/mol. The predicted octanol–water partition coefficient (Wildman–Crippen LogP) is 2.40. The van der Waals surface area contributed by atoms with Gasteiger partial charge in [0.1, 0.15) is 0 Å². The quantitative estimate of drug-likeness (QED) is 0.823. The fourth-order valence-electron chi connectivity index (χ4n) is 1.49. The van der Waals surface area contributed by atoms with E-state index in [1.165, 1.54) is 0 Å². The third kappa shape index (κ3) is 2.98. The van der Waals surface area contributed by atoms with Crippen LogP contribution in [0.15, 0.2) is 23.1 Å². The highest BCUT2D eigenvalue weighted by Gasteiger charge is 2.20. The summed E-state index contributed by atoms with van der Waals surface area (Å²) in [6.07, 6.45) is 0.852. The standard InChI is InChI=1S/C12H19NO2S/c1-4-9(2)8-16(14,15)12-7-10(3)5-6-11(12)13/h5-7,9H,4,8,13H2,1-3H3. The van der Waals surface area contributed by atoms with Gasteiger partial charge in [0.05, 0.1) is 16.3 Å². The Kier molecular flexibility index (Phi) is 3.97. The number of sulfone groups is 1. The van der Waals surface area contributed by atoms with Crippen molar-refractivity contribution in [3.05, 3.63) is 23.8 Å². The van der Waals surface area contributed by atoms with E-state index >= 15 is 0 Å². The summed E-state index contributed by atoms with van der Waals surface area (Å²) in [4.78, 5) is 0.271. The van der Waals surface area contributed by atoms with Gasteiger partial charge in [0, 0.05) is 0 Å². The zero-order valence-electron chi connectivity index (χ0n) is 10.0.